The number of nitrogens with zero attached hydrogens (tertiary/aromatic N) is 1. The highest BCUT2D eigenvalue weighted by molar-refractivity contribution is 7.32. The molecule has 0 bridgehead atoms. The van der Waals surface area contributed by atoms with Crippen LogP contribution >= 0.6 is 8.25 Å². The first-order valence-electron chi connectivity index (χ1n) is 6.00. The van der Waals surface area contributed by atoms with Gasteiger partial charge in [-0.25, -0.2) is 0 Å². The van der Waals surface area contributed by atoms with Crippen LogP contribution in [0.5, 0.6) is 0 Å². The largest absolute Gasteiger partial charge is 0.694 e. The minimum Gasteiger partial charge on any atom is -0.289 e. The van der Waals surface area contributed by atoms with Crippen LogP contribution in [0.1, 0.15) is 15.9 Å². The van der Waals surface area contributed by atoms with Gasteiger partial charge in [-0.05, 0) is 12.1 Å². The molecule has 1 N–H and O–H groups in total. The first-order chi connectivity index (χ1) is 10.5. The molecule has 0 spiro atoms. The van der Waals surface area contributed by atoms with Gasteiger partial charge < -0.3 is 0 Å². The van der Waals surface area contributed by atoms with E-state index in [2.05, 4.69) is 4.52 Å². The molecule has 0 aliphatic carbocycles. The Morgan fingerprint density at radius 3 is 1.95 bits per heavy atom. The lowest BCUT2D eigenvalue weighted by atomic mass is 10.0. The molecule has 22 heavy (non-hydrogen) atoms. The number of hydrogen-bond acceptors (Lipinski definition) is 5. The molecule has 0 saturated heterocycles. The van der Waals surface area contributed by atoms with E-state index in [1.54, 1.807) is 24.3 Å². The molecular formula is C14H13NO6P+. The first-order valence-corrected chi connectivity index (χ1v) is 7.13. The van der Waals surface area contributed by atoms with Crippen LogP contribution in [0.3, 0.4) is 0 Å². The van der Waals surface area contributed by atoms with Gasteiger partial charge in [-0.2, -0.15) is 0 Å². The minimum atomic E-state index is -2.35. The van der Waals surface area contributed by atoms with Gasteiger partial charge in [0, 0.05) is 27.8 Å². The summed E-state index contributed by atoms with van der Waals surface area (Å²) in [6, 6.07) is 14.4. The summed E-state index contributed by atoms with van der Waals surface area (Å²) in [5, 5.41) is 10.5. The number of nitro benzene ring substituents is 1. The molecule has 0 fully saturated rings. The molecule has 8 heteroatoms. The Morgan fingerprint density at radius 1 is 1.09 bits per heavy atom. The van der Waals surface area contributed by atoms with Gasteiger partial charge in [0.25, 0.3) is 5.69 Å². The molecule has 0 aromatic heterocycles. The molecule has 0 aliphatic rings. The molecule has 7 nitrogen and oxygen atoms in total. The number of benzene rings is 2. The van der Waals surface area contributed by atoms with E-state index in [0.717, 1.165) is 0 Å². The third kappa shape index (κ3) is 5.49. The van der Waals surface area contributed by atoms with Crippen molar-refractivity contribution in [1.29, 1.82) is 0 Å². The van der Waals surface area contributed by atoms with Crippen molar-refractivity contribution in [2.24, 2.45) is 0 Å². The zero-order chi connectivity index (χ0) is 16.5. The molecule has 1 unspecified atom stereocenters. The van der Waals surface area contributed by atoms with Crippen LogP contribution in [0.15, 0.2) is 54.6 Å². The number of nitro groups is 1. The Hall–Kier alpha value is -2.47. The molecule has 2 rings (SSSR count). The zero-order valence-electron chi connectivity index (χ0n) is 11.6. The summed E-state index contributed by atoms with van der Waals surface area (Å²) in [7, 11) is -1.18. The van der Waals surface area contributed by atoms with Gasteiger partial charge in [0.1, 0.15) is 0 Å². The van der Waals surface area contributed by atoms with Gasteiger partial charge in [0.2, 0.25) is 0 Å². The van der Waals surface area contributed by atoms with E-state index >= 15 is 0 Å². The van der Waals surface area contributed by atoms with Crippen molar-refractivity contribution in [3.63, 3.8) is 0 Å². The monoisotopic (exact) mass is 322 g/mol. The standard InChI is InChI=1S/C13H9NO3.CH3O3P/c15-13(10-4-2-1-3-5-10)11-6-8-12(9-7-11)14(16)17;1-4-5(2)3/h1-9H;1H3/p+1. The summed E-state index contributed by atoms with van der Waals surface area (Å²) in [5.41, 5.74) is 0.998. The fourth-order valence-electron chi connectivity index (χ4n) is 1.49. The molecule has 0 amide bonds. The number of carbonyl (C=O) groups excluding carboxylic acids is 1. The van der Waals surface area contributed by atoms with E-state index in [4.69, 9.17) is 4.89 Å². The van der Waals surface area contributed by atoms with Gasteiger partial charge in [-0.1, -0.05) is 30.3 Å². The second kappa shape index (κ2) is 8.74. The van der Waals surface area contributed by atoms with Crippen LogP contribution < -0.4 is 0 Å². The maximum Gasteiger partial charge on any atom is 0.694 e. The van der Waals surface area contributed by atoms with Crippen LogP contribution in [0.4, 0.5) is 5.69 Å². The Balaban J connectivity index is 0.000000422. The summed E-state index contributed by atoms with van der Waals surface area (Å²) in [5.74, 6) is -0.138. The highest BCUT2D eigenvalue weighted by atomic mass is 31.1. The topological polar surface area (TPSA) is 107 Å². The number of ketones is 1. The second-order valence-corrected chi connectivity index (χ2v) is 4.76. The van der Waals surface area contributed by atoms with Crippen molar-refractivity contribution in [3.05, 3.63) is 75.8 Å². The van der Waals surface area contributed by atoms with E-state index in [9.17, 15) is 19.5 Å². The second-order valence-electron chi connectivity index (χ2n) is 3.92. The van der Waals surface area contributed by atoms with Crippen molar-refractivity contribution in [3.8, 4) is 0 Å². The smallest absolute Gasteiger partial charge is 0.289 e. The average molecular weight is 322 g/mol. The number of carbonyl (C=O) groups is 1. The van der Waals surface area contributed by atoms with Gasteiger partial charge in [0.05, 0.1) is 12.0 Å². The lowest BCUT2D eigenvalue weighted by molar-refractivity contribution is -0.384. The van der Waals surface area contributed by atoms with E-state index in [1.807, 2.05) is 6.07 Å². The highest BCUT2D eigenvalue weighted by Gasteiger charge is 2.10. The Labute approximate surface area is 127 Å². The third-order valence-corrected chi connectivity index (χ3v) is 2.84. The van der Waals surface area contributed by atoms with Crippen molar-refractivity contribution in [2.45, 2.75) is 0 Å². The van der Waals surface area contributed by atoms with E-state index < -0.39 is 13.2 Å². The average Bonchev–Trinajstić information content (AvgIpc) is 2.55. The maximum absolute atomic E-state index is 12.0. The summed E-state index contributed by atoms with van der Waals surface area (Å²) in [6.07, 6.45) is 0. The zero-order valence-corrected chi connectivity index (χ0v) is 12.5. The van der Waals surface area contributed by atoms with Crippen LogP contribution in [-0.2, 0) is 9.09 Å². The van der Waals surface area contributed by atoms with Crippen LogP contribution in [0.25, 0.3) is 0 Å². The fraction of sp³-hybridized carbons (Fsp3) is 0.0714. The van der Waals surface area contributed by atoms with Crippen molar-refractivity contribution < 1.29 is 23.7 Å². The molecular weight excluding hydrogens is 309 g/mol. The molecule has 0 aliphatic heterocycles. The van der Waals surface area contributed by atoms with Crippen LogP contribution in [0, 0.1) is 10.1 Å². The van der Waals surface area contributed by atoms with Gasteiger partial charge in [0.15, 0.2) is 5.78 Å². The van der Waals surface area contributed by atoms with Gasteiger partial charge >= 0.3 is 8.25 Å². The number of non-ortho nitro benzene ring substituents is 1. The molecule has 114 valence electrons. The van der Waals surface area contributed by atoms with Crippen molar-refractivity contribution in [1.82, 2.24) is 0 Å². The van der Waals surface area contributed by atoms with Crippen molar-refractivity contribution >= 4 is 19.7 Å². The van der Waals surface area contributed by atoms with Gasteiger partial charge in [-0.15, -0.1) is 9.42 Å². The Bertz CT molecular complexity index is 657. The quantitative estimate of drug-likeness (QED) is 0.401. The predicted molar refractivity (Wildman–Crippen MR) is 79.8 cm³/mol. The summed E-state index contributed by atoms with van der Waals surface area (Å²) < 4.78 is 13.1. The predicted octanol–water partition coefficient (Wildman–Crippen LogP) is 3.11. The first kappa shape index (κ1) is 17.6. The SMILES string of the molecule is CO[P+](=O)O.O=C(c1ccccc1)c1ccc([N+](=O)[O-])cc1. The van der Waals surface area contributed by atoms with Crippen LogP contribution in [0.2, 0.25) is 0 Å². The minimum absolute atomic E-state index is 0.0189. The molecule has 0 radical (unpaired) electrons. The van der Waals surface area contributed by atoms with E-state index in [-0.39, 0.29) is 11.5 Å². The molecule has 1 atom stereocenters. The van der Waals surface area contributed by atoms with Crippen molar-refractivity contribution in [2.75, 3.05) is 7.11 Å². The third-order valence-electron chi connectivity index (χ3n) is 2.53. The highest BCUT2D eigenvalue weighted by Crippen LogP contribution is 2.15. The number of hydrogen-bond donors (Lipinski definition) is 1. The molecule has 0 saturated carbocycles. The van der Waals surface area contributed by atoms with Gasteiger partial charge in [-0.3, -0.25) is 14.9 Å². The molecule has 0 heterocycles. The van der Waals surface area contributed by atoms with Crippen LogP contribution in [-0.4, -0.2) is 22.7 Å². The Kier molecular flexibility index (Phi) is 6.98. The van der Waals surface area contributed by atoms with E-state index in [1.165, 1.54) is 31.4 Å². The summed E-state index contributed by atoms with van der Waals surface area (Å²) in [6.45, 7) is 0. The normalized spacial score (nSPS) is 10.2. The molecule has 2 aromatic rings. The van der Waals surface area contributed by atoms with E-state index in [0.29, 0.717) is 11.1 Å². The summed E-state index contributed by atoms with van der Waals surface area (Å²) in [4.78, 5) is 29.6. The fourth-order valence-corrected chi connectivity index (χ4v) is 1.49. The summed E-state index contributed by atoms with van der Waals surface area (Å²) >= 11 is 0. The number of rotatable bonds is 4. The Morgan fingerprint density at radius 2 is 1.55 bits per heavy atom. The maximum atomic E-state index is 12.0. The lowest BCUT2D eigenvalue weighted by Crippen LogP contribution is -2.00. The lowest BCUT2D eigenvalue weighted by Gasteiger charge is -2.00. The molecule has 2 aromatic carbocycles.